The smallest absolute Gasteiger partial charge is 0.0858 e. The van der Waals surface area contributed by atoms with E-state index in [0.29, 0.717) is 5.88 Å². The summed E-state index contributed by atoms with van der Waals surface area (Å²) in [6, 6.07) is 9.70. The SMILES string of the molecule is C=C=C[C@H](CCCCCl)[C@H](O)c1ccccc1. The molecule has 0 radical (unpaired) electrons. The van der Waals surface area contributed by atoms with Gasteiger partial charge >= 0.3 is 0 Å². The molecule has 0 saturated carbocycles. The Morgan fingerprint density at radius 2 is 2.00 bits per heavy atom. The predicted octanol–water partition coefficient (Wildman–Crippen LogP) is 4.09. The lowest BCUT2D eigenvalue weighted by atomic mass is 9.91. The minimum atomic E-state index is -0.485. The molecule has 1 rings (SSSR count). The molecule has 0 amide bonds. The van der Waals surface area contributed by atoms with Crippen molar-refractivity contribution in [1.29, 1.82) is 0 Å². The zero-order valence-electron chi connectivity index (χ0n) is 9.98. The van der Waals surface area contributed by atoms with Gasteiger partial charge in [-0.1, -0.05) is 43.3 Å². The second-order valence-electron chi connectivity index (χ2n) is 4.07. The van der Waals surface area contributed by atoms with Gasteiger partial charge in [-0.3, -0.25) is 0 Å². The lowest BCUT2D eigenvalue weighted by Crippen LogP contribution is -2.10. The van der Waals surface area contributed by atoms with E-state index in [2.05, 4.69) is 12.3 Å². The number of aliphatic hydroxyl groups is 1. The maximum atomic E-state index is 10.3. The fraction of sp³-hybridized carbons (Fsp3) is 0.400. The van der Waals surface area contributed by atoms with E-state index in [9.17, 15) is 5.11 Å². The van der Waals surface area contributed by atoms with E-state index in [-0.39, 0.29) is 5.92 Å². The quantitative estimate of drug-likeness (QED) is 0.439. The Balaban J connectivity index is 2.66. The lowest BCUT2D eigenvalue weighted by molar-refractivity contribution is 0.125. The molecule has 92 valence electrons. The number of rotatable bonds is 7. The molecule has 1 N–H and O–H groups in total. The van der Waals surface area contributed by atoms with Crippen LogP contribution >= 0.6 is 11.6 Å². The van der Waals surface area contributed by atoms with Crippen molar-refractivity contribution < 1.29 is 5.11 Å². The Bertz CT molecular complexity index is 354. The molecule has 0 fully saturated rings. The summed E-state index contributed by atoms with van der Waals surface area (Å²) in [6.07, 6.45) is 4.26. The minimum Gasteiger partial charge on any atom is -0.388 e. The first-order valence-corrected chi connectivity index (χ1v) is 6.48. The Labute approximate surface area is 108 Å². The van der Waals surface area contributed by atoms with Crippen LogP contribution in [0.2, 0.25) is 0 Å². The summed E-state index contributed by atoms with van der Waals surface area (Å²) in [7, 11) is 0. The van der Waals surface area contributed by atoms with Crippen LogP contribution in [0.5, 0.6) is 0 Å². The highest BCUT2D eigenvalue weighted by molar-refractivity contribution is 6.17. The van der Waals surface area contributed by atoms with Gasteiger partial charge in [0, 0.05) is 11.8 Å². The van der Waals surface area contributed by atoms with Crippen molar-refractivity contribution in [3.8, 4) is 0 Å². The Morgan fingerprint density at radius 3 is 2.59 bits per heavy atom. The summed E-state index contributed by atoms with van der Waals surface area (Å²) in [5.74, 6) is 0.740. The molecule has 0 aromatic heterocycles. The van der Waals surface area contributed by atoms with Crippen LogP contribution < -0.4 is 0 Å². The zero-order chi connectivity index (χ0) is 12.5. The first kappa shape index (κ1) is 14.1. The van der Waals surface area contributed by atoms with Crippen molar-refractivity contribution >= 4 is 11.6 Å². The number of hydrogen-bond acceptors (Lipinski definition) is 1. The third-order valence-electron chi connectivity index (χ3n) is 2.80. The normalized spacial score (nSPS) is 13.8. The van der Waals surface area contributed by atoms with E-state index >= 15 is 0 Å². The summed E-state index contributed by atoms with van der Waals surface area (Å²) in [5.41, 5.74) is 3.72. The molecule has 0 unspecified atom stereocenters. The van der Waals surface area contributed by atoms with Crippen LogP contribution in [0.1, 0.15) is 30.9 Å². The topological polar surface area (TPSA) is 20.2 Å². The number of benzene rings is 1. The first-order chi connectivity index (χ1) is 8.29. The number of halogens is 1. The monoisotopic (exact) mass is 250 g/mol. The first-order valence-electron chi connectivity index (χ1n) is 5.94. The second-order valence-corrected chi connectivity index (χ2v) is 4.45. The molecule has 0 aliphatic carbocycles. The fourth-order valence-electron chi connectivity index (χ4n) is 1.86. The van der Waals surface area contributed by atoms with Gasteiger partial charge in [-0.25, -0.2) is 0 Å². The summed E-state index contributed by atoms with van der Waals surface area (Å²) in [5, 5.41) is 10.3. The molecule has 2 atom stereocenters. The van der Waals surface area contributed by atoms with Crippen LogP contribution in [0.15, 0.2) is 48.7 Å². The van der Waals surface area contributed by atoms with Gasteiger partial charge in [-0.2, -0.15) is 0 Å². The molecule has 1 aromatic carbocycles. The third-order valence-corrected chi connectivity index (χ3v) is 3.07. The largest absolute Gasteiger partial charge is 0.388 e. The lowest BCUT2D eigenvalue weighted by Gasteiger charge is -2.19. The van der Waals surface area contributed by atoms with Gasteiger partial charge in [0.1, 0.15) is 0 Å². The van der Waals surface area contributed by atoms with E-state index in [1.54, 1.807) is 0 Å². The average Bonchev–Trinajstić information content (AvgIpc) is 2.38. The van der Waals surface area contributed by atoms with Crippen LogP contribution in [0, 0.1) is 5.92 Å². The summed E-state index contributed by atoms with van der Waals surface area (Å²) >= 11 is 5.66. The molecule has 0 saturated heterocycles. The van der Waals surface area contributed by atoms with Crippen LogP contribution in [-0.4, -0.2) is 11.0 Å². The molecule has 1 nitrogen and oxygen atoms in total. The molecule has 0 bridgehead atoms. The van der Waals surface area contributed by atoms with Crippen LogP contribution in [-0.2, 0) is 0 Å². The number of unbranched alkanes of at least 4 members (excludes halogenated alkanes) is 1. The summed E-state index contributed by atoms with van der Waals surface area (Å²) < 4.78 is 0. The highest BCUT2D eigenvalue weighted by atomic mass is 35.5. The Morgan fingerprint density at radius 1 is 1.29 bits per heavy atom. The van der Waals surface area contributed by atoms with Gasteiger partial charge in [0.25, 0.3) is 0 Å². The van der Waals surface area contributed by atoms with Crippen molar-refractivity contribution in [2.75, 3.05) is 5.88 Å². The van der Waals surface area contributed by atoms with Crippen molar-refractivity contribution in [1.82, 2.24) is 0 Å². The van der Waals surface area contributed by atoms with Crippen molar-refractivity contribution in [3.63, 3.8) is 0 Å². The van der Waals surface area contributed by atoms with Crippen molar-refractivity contribution in [3.05, 3.63) is 54.3 Å². The van der Waals surface area contributed by atoms with Gasteiger partial charge in [0.15, 0.2) is 0 Å². The van der Waals surface area contributed by atoms with Crippen LogP contribution in [0.3, 0.4) is 0 Å². The van der Waals surface area contributed by atoms with Crippen LogP contribution in [0.25, 0.3) is 0 Å². The molecular weight excluding hydrogens is 232 g/mol. The predicted molar refractivity (Wildman–Crippen MR) is 73.2 cm³/mol. The van der Waals surface area contributed by atoms with E-state index in [4.69, 9.17) is 11.6 Å². The van der Waals surface area contributed by atoms with Gasteiger partial charge < -0.3 is 5.11 Å². The third kappa shape index (κ3) is 4.79. The minimum absolute atomic E-state index is 0.0677. The number of hydrogen-bond donors (Lipinski definition) is 1. The van der Waals surface area contributed by atoms with E-state index < -0.39 is 6.10 Å². The van der Waals surface area contributed by atoms with Gasteiger partial charge in [0.2, 0.25) is 0 Å². The molecule has 1 aromatic rings. The molecule has 2 heteroatoms. The second kappa shape index (κ2) is 8.14. The maximum Gasteiger partial charge on any atom is 0.0858 e. The highest BCUT2D eigenvalue weighted by Gasteiger charge is 2.17. The van der Waals surface area contributed by atoms with Gasteiger partial charge in [0.05, 0.1) is 6.10 Å². The zero-order valence-corrected chi connectivity index (χ0v) is 10.7. The van der Waals surface area contributed by atoms with Gasteiger partial charge in [-0.05, 0) is 24.5 Å². The van der Waals surface area contributed by atoms with Crippen molar-refractivity contribution in [2.24, 2.45) is 5.92 Å². The highest BCUT2D eigenvalue weighted by Crippen LogP contribution is 2.27. The molecule has 0 spiro atoms. The van der Waals surface area contributed by atoms with E-state index in [1.165, 1.54) is 0 Å². The molecule has 0 heterocycles. The average molecular weight is 251 g/mol. The maximum absolute atomic E-state index is 10.3. The summed E-state index contributed by atoms with van der Waals surface area (Å²) in [4.78, 5) is 0. The van der Waals surface area contributed by atoms with Crippen LogP contribution in [0.4, 0.5) is 0 Å². The molecule has 0 aliphatic heterocycles. The molecule has 0 aliphatic rings. The Hall–Kier alpha value is -1.01. The standard InChI is InChI=1S/C15H19ClO/c1-2-8-13(11-6-7-12-16)15(17)14-9-4-3-5-10-14/h3-5,8-10,13,15,17H,1,6-7,11-12H2/t13-,15+/m1/s1. The molecule has 17 heavy (non-hydrogen) atoms. The fourth-order valence-corrected chi connectivity index (χ4v) is 2.04. The number of aliphatic hydroxyl groups excluding tert-OH is 1. The van der Waals surface area contributed by atoms with Crippen molar-refractivity contribution in [2.45, 2.75) is 25.4 Å². The number of alkyl halides is 1. The molecular formula is C15H19ClO. The van der Waals surface area contributed by atoms with E-state index in [0.717, 1.165) is 24.8 Å². The van der Waals surface area contributed by atoms with Gasteiger partial charge in [-0.15, -0.1) is 17.3 Å². The summed E-state index contributed by atoms with van der Waals surface area (Å²) in [6.45, 7) is 3.59. The van der Waals surface area contributed by atoms with E-state index in [1.807, 2.05) is 36.4 Å². The Kier molecular flexibility index (Phi) is 6.73.